The number of ether oxygens (including phenoxy) is 7. The molecule has 6 rings (SSSR count). The molecule has 14 N–H and O–H groups in total. The summed E-state index contributed by atoms with van der Waals surface area (Å²) in [6.45, 7) is -2.13. The molecule has 3 aliphatic rings. The van der Waals surface area contributed by atoms with Gasteiger partial charge in [0.2, 0.25) is 17.8 Å². The Kier molecular flexibility index (Phi) is 12.6. The van der Waals surface area contributed by atoms with Crippen molar-refractivity contribution >= 4 is 11.0 Å². The summed E-state index contributed by atoms with van der Waals surface area (Å²) in [5, 5.41) is 145. The zero-order chi connectivity index (χ0) is 40.7. The molecule has 22 heteroatoms. The molecule has 7 unspecified atom stereocenters. The molecule has 56 heavy (non-hydrogen) atoms. The van der Waals surface area contributed by atoms with Crippen LogP contribution >= 0.6 is 0 Å². The van der Waals surface area contributed by atoms with Gasteiger partial charge < -0.3 is 105 Å². The number of fused-ring (bicyclic) bond motifs is 1. The van der Waals surface area contributed by atoms with Crippen LogP contribution < -0.4 is 9.47 Å². The smallest absolute Gasteiger partial charge is 0.402 e. The third-order valence-electron chi connectivity index (χ3n) is 9.63. The second-order valence-corrected chi connectivity index (χ2v) is 13.4. The van der Waals surface area contributed by atoms with Gasteiger partial charge in [-0.3, -0.25) is 0 Å². The second-order valence-electron chi connectivity index (χ2n) is 13.4. The number of rotatable bonds is 11. The van der Waals surface area contributed by atoms with E-state index in [0.717, 1.165) is 18.2 Å². The average Bonchev–Trinajstić information content (AvgIpc) is 3.17. The molecular weight excluding hydrogens is 760 g/mol. The van der Waals surface area contributed by atoms with Crippen LogP contribution in [-0.4, -0.2) is 191 Å². The molecule has 3 aromatic rings. The Balaban J connectivity index is 1.20. The number of aliphatic hydroxyl groups is 10. The van der Waals surface area contributed by atoms with Crippen molar-refractivity contribution in [2.45, 2.75) is 92.1 Å². The van der Waals surface area contributed by atoms with Gasteiger partial charge >= 0.3 is 11.3 Å². The topological polar surface area (TPSA) is 359 Å². The van der Waals surface area contributed by atoms with Crippen LogP contribution in [-0.2, 0) is 23.7 Å². The van der Waals surface area contributed by atoms with E-state index in [2.05, 4.69) is 0 Å². The minimum atomic E-state index is -1.96. The van der Waals surface area contributed by atoms with Crippen molar-refractivity contribution in [3.63, 3.8) is 0 Å². The zero-order valence-electron chi connectivity index (χ0n) is 29.2. The molecule has 3 fully saturated rings. The fourth-order valence-corrected chi connectivity index (χ4v) is 6.41. The van der Waals surface area contributed by atoms with E-state index < -0.39 is 129 Å². The molecule has 0 saturated carbocycles. The molecule has 0 amide bonds. The predicted molar refractivity (Wildman–Crippen MR) is 179 cm³/mol. The minimum Gasteiger partial charge on any atom is -0.507 e. The van der Waals surface area contributed by atoms with E-state index in [9.17, 15) is 71.5 Å². The lowest BCUT2D eigenvalue weighted by molar-refractivity contribution is -0.339. The van der Waals surface area contributed by atoms with E-state index in [1.54, 1.807) is 0 Å². The molecule has 4 heterocycles. The first-order valence-electron chi connectivity index (χ1n) is 17.1. The monoisotopic (exact) mass is 803 g/mol. The molecule has 310 valence electrons. The van der Waals surface area contributed by atoms with Crippen LogP contribution in [0.15, 0.2) is 34.7 Å². The first-order valence-corrected chi connectivity index (χ1v) is 17.1. The highest BCUT2D eigenvalue weighted by Gasteiger charge is 2.50. The van der Waals surface area contributed by atoms with Crippen molar-refractivity contribution in [1.82, 2.24) is 0 Å². The average molecular weight is 804 g/mol. The summed E-state index contributed by atoms with van der Waals surface area (Å²) in [4.78, 5) is 0. The molecule has 2 aromatic carbocycles. The van der Waals surface area contributed by atoms with Crippen LogP contribution in [0.5, 0.6) is 34.5 Å². The number of phenols is 4. The van der Waals surface area contributed by atoms with Gasteiger partial charge in [-0.1, -0.05) is 0 Å². The molecular formula is C34H43O22+. The molecule has 0 bridgehead atoms. The van der Waals surface area contributed by atoms with Crippen LogP contribution in [0.3, 0.4) is 0 Å². The molecule has 0 radical (unpaired) electrons. The van der Waals surface area contributed by atoms with E-state index in [0.29, 0.717) is 0 Å². The van der Waals surface area contributed by atoms with Crippen LogP contribution in [0.25, 0.3) is 22.3 Å². The minimum absolute atomic E-state index is 0.0110. The summed E-state index contributed by atoms with van der Waals surface area (Å²) in [6, 6.07) is 5.67. The van der Waals surface area contributed by atoms with Gasteiger partial charge in [-0.2, -0.15) is 0 Å². The second kappa shape index (κ2) is 16.9. The van der Waals surface area contributed by atoms with Crippen molar-refractivity contribution in [3.8, 4) is 45.8 Å². The fourth-order valence-electron chi connectivity index (χ4n) is 6.41. The molecule has 15 atom stereocenters. The highest BCUT2D eigenvalue weighted by atomic mass is 16.7. The predicted octanol–water partition coefficient (Wildman–Crippen LogP) is -3.96. The van der Waals surface area contributed by atoms with Gasteiger partial charge in [0, 0.05) is 24.3 Å². The lowest BCUT2D eigenvalue weighted by Gasteiger charge is -2.43. The number of aliphatic hydroxyl groups excluding tert-OH is 10. The van der Waals surface area contributed by atoms with Crippen LogP contribution in [0.1, 0.15) is 0 Å². The summed E-state index contributed by atoms with van der Waals surface area (Å²) in [5.41, 5.74) is -0.0737. The lowest BCUT2D eigenvalue weighted by atomic mass is 9.98. The maximum atomic E-state index is 10.9. The summed E-state index contributed by atoms with van der Waals surface area (Å²) < 4.78 is 44.5. The Hall–Kier alpha value is -3.95. The first kappa shape index (κ1) is 41.7. The Morgan fingerprint density at radius 3 is 1.64 bits per heavy atom. The molecule has 3 saturated heterocycles. The largest absolute Gasteiger partial charge is 0.507 e. The Labute approximate surface area is 315 Å². The summed E-state index contributed by atoms with van der Waals surface area (Å²) >= 11 is 0. The van der Waals surface area contributed by atoms with Gasteiger partial charge in [-0.15, -0.1) is 0 Å². The number of benzene rings is 2. The Bertz CT molecular complexity index is 1830. The van der Waals surface area contributed by atoms with Gasteiger partial charge in [0.25, 0.3) is 0 Å². The van der Waals surface area contributed by atoms with Crippen molar-refractivity contribution in [2.24, 2.45) is 0 Å². The van der Waals surface area contributed by atoms with Gasteiger partial charge in [0.1, 0.15) is 90.1 Å². The van der Waals surface area contributed by atoms with Gasteiger partial charge in [0.15, 0.2) is 24.1 Å². The normalized spacial score (nSPS) is 36.4. The van der Waals surface area contributed by atoms with E-state index >= 15 is 0 Å². The van der Waals surface area contributed by atoms with Crippen molar-refractivity contribution in [2.75, 3.05) is 26.9 Å². The Morgan fingerprint density at radius 1 is 0.571 bits per heavy atom. The van der Waals surface area contributed by atoms with Crippen molar-refractivity contribution in [1.29, 1.82) is 0 Å². The van der Waals surface area contributed by atoms with Crippen LogP contribution in [0.4, 0.5) is 0 Å². The fraction of sp³-hybridized carbons (Fsp3) is 0.559. The third-order valence-corrected chi connectivity index (χ3v) is 9.63. The molecule has 0 aliphatic carbocycles. The molecule has 1 aromatic heterocycles. The van der Waals surface area contributed by atoms with Gasteiger partial charge in [-0.05, 0) is 0 Å². The third kappa shape index (κ3) is 8.08. The summed E-state index contributed by atoms with van der Waals surface area (Å²) in [6.07, 6.45) is -26.3. The number of hydrogen-bond donors (Lipinski definition) is 14. The molecule has 3 aliphatic heterocycles. The van der Waals surface area contributed by atoms with Crippen molar-refractivity contribution in [3.05, 3.63) is 30.3 Å². The lowest BCUT2D eigenvalue weighted by Crippen LogP contribution is -2.63. The summed E-state index contributed by atoms with van der Waals surface area (Å²) in [7, 11) is 1.21. The van der Waals surface area contributed by atoms with E-state index in [1.165, 1.54) is 19.2 Å². The highest BCUT2D eigenvalue weighted by Crippen LogP contribution is 2.45. The highest BCUT2D eigenvalue weighted by molar-refractivity contribution is 5.88. The first-order chi connectivity index (χ1) is 26.5. The Morgan fingerprint density at radius 2 is 1.09 bits per heavy atom. The summed E-state index contributed by atoms with van der Waals surface area (Å²) in [5.74, 6) is -2.83. The quantitative estimate of drug-likeness (QED) is 0.0649. The number of methoxy groups -OCH3 is 1. The van der Waals surface area contributed by atoms with E-state index in [1.807, 2.05) is 0 Å². The molecule has 0 spiro atoms. The molecule has 22 nitrogen and oxygen atoms in total. The van der Waals surface area contributed by atoms with Gasteiger partial charge in [0.05, 0.1) is 38.6 Å². The van der Waals surface area contributed by atoms with E-state index in [4.69, 9.17) is 37.6 Å². The SMILES string of the molecule is COc1cc(-c2[o+]c3cc(O)cc(O)c3cc2O[C@@H]2OC(CO[C@@H]3OC(CO[C@@H]4OC(CO)[C@@H](O)[C@H](O)C4O)[C@@H](O)[C@H](O)C3O)[C@@H](O)C(O)C2O)cc(O)c1O. The van der Waals surface area contributed by atoms with Crippen LogP contribution in [0.2, 0.25) is 0 Å². The van der Waals surface area contributed by atoms with E-state index in [-0.39, 0.29) is 39.5 Å². The van der Waals surface area contributed by atoms with Crippen LogP contribution in [0, 0.1) is 0 Å². The number of aromatic hydroxyl groups is 4. The maximum Gasteiger partial charge on any atom is 0.402 e. The number of phenolic OH excluding ortho intramolecular Hbond substituents is 4. The zero-order valence-corrected chi connectivity index (χ0v) is 29.2. The van der Waals surface area contributed by atoms with Crippen molar-refractivity contribution < 1.29 is 109 Å². The number of hydrogen-bond acceptors (Lipinski definition) is 21. The maximum absolute atomic E-state index is 10.9. The van der Waals surface area contributed by atoms with Gasteiger partial charge in [-0.25, -0.2) is 4.42 Å². The standard InChI is InChI=1S/C34H42O22/c1-49-16-3-10(2-14(38)21(16)39)31-17(6-12-13(37)4-11(36)5-15(12)52-31)53-34-30(48)27(45)24(42)20(56-34)9-51-33-29(47)26(44)23(41)19(55-33)8-50-32-28(46)25(43)22(40)18(7-35)54-32/h2-6,18-20,22-30,32-35,40-48H,7-9H2,1H3,(H3-,36,37,38,39)/p+1/t18?,19?,20?,22-,23-,24-,25+,26+,27?,28?,29?,30?,32-,33-,34-/m1/s1.